The standard InChI is InChI=1S/C22H24N4O3/c1-14-6-8-15(9-7-14)20(27)23-16-12-18-19(13-17(16)26-10-4-5-11-26)25(3)22(29)21(28)24(18)2/h6-9,12-13H,4-5,10-11H2,1-3H3,(H,23,27). The molecule has 2 heterocycles. The Kier molecular flexibility index (Phi) is 4.74. The number of fused-ring (bicyclic) bond motifs is 1. The van der Waals surface area contributed by atoms with Crippen LogP contribution in [0.4, 0.5) is 11.4 Å². The van der Waals surface area contributed by atoms with E-state index in [1.54, 1.807) is 32.3 Å². The highest BCUT2D eigenvalue weighted by Gasteiger charge is 2.20. The minimum atomic E-state index is -0.593. The first-order valence-corrected chi connectivity index (χ1v) is 9.73. The second-order valence-electron chi connectivity index (χ2n) is 7.60. The van der Waals surface area contributed by atoms with E-state index in [0.29, 0.717) is 22.3 Å². The molecule has 1 amide bonds. The van der Waals surface area contributed by atoms with Crippen LogP contribution in [0.5, 0.6) is 0 Å². The van der Waals surface area contributed by atoms with E-state index < -0.39 is 11.1 Å². The fourth-order valence-electron chi connectivity index (χ4n) is 3.83. The average molecular weight is 392 g/mol. The molecule has 7 nitrogen and oxygen atoms in total. The smallest absolute Gasteiger partial charge is 0.316 e. The lowest BCUT2D eigenvalue weighted by atomic mass is 10.1. The second kappa shape index (κ2) is 7.24. The van der Waals surface area contributed by atoms with Crippen molar-refractivity contribution in [2.24, 2.45) is 14.1 Å². The Morgan fingerprint density at radius 2 is 1.45 bits per heavy atom. The third kappa shape index (κ3) is 3.33. The van der Waals surface area contributed by atoms with Gasteiger partial charge in [-0.15, -0.1) is 0 Å². The van der Waals surface area contributed by atoms with Crippen LogP contribution in [-0.2, 0) is 14.1 Å². The molecule has 1 fully saturated rings. The predicted molar refractivity (Wildman–Crippen MR) is 115 cm³/mol. The van der Waals surface area contributed by atoms with Crippen molar-refractivity contribution in [1.82, 2.24) is 9.13 Å². The molecule has 2 aromatic carbocycles. The number of anilines is 2. The van der Waals surface area contributed by atoms with E-state index >= 15 is 0 Å². The van der Waals surface area contributed by atoms with Gasteiger partial charge in [0.05, 0.1) is 22.4 Å². The zero-order valence-corrected chi connectivity index (χ0v) is 16.9. The maximum Gasteiger partial charge on any atom is 0.316 e. The van der Waals surface area contributed by atoms with E-state index in [9.17, 15) is 14.4 Å². The molecule has 0 bridgehead atoms. The third-order valence-corrected chi connectivity index (χ3v) is 5.62. The number of nitrogens with one attached hydrogen (secondary N) is 1. The number of hydrogen-bond acceptors (Lipinski definition) is 4. The highest BCUT2D eigenvalue weighted by atomic mass is 16.2. The molecule has 4 rings (SSSR count). The van der Waals surface area contributed by atoms with Crippen LogP contribution in [0.15, 0.2) is 46.0 Å². The number of aromatic nitrogens is 2. The topological polar surface area (TPSA) is 76.3 Å². The molecule has 1 aliphatic heterocycles. The molecule has 1 saturated heterocycles. The highest BCUT2D eigenvalue weighted by molar-refractivity contribution is 6.07. The SMILES string of the molecule is Cc1ccc(C(=O)Nc2cc3c(cc2N2CCCC2)n(C)c(=O)c(=O)n3C)cc1. The zero-order chi connectivity index (χ0) is 20.7. The van der Waals surface area contributed by atoms with E-state index in [1.807, 2.05) is 25.1 Å². The summed E-state index contributed by atoms with van der Waals surface area (Å²) in [6.45, 7) is 3.75. The molecule has 1 aromatic heterocycles. The van der Waals surface area contributed by atoms with Gasteiger partial charge in [0.2, 0.25) is 0 Å². The van der Waals surface area contributed by atoms with Crippen LogP contribution in [0.1, 0.15) is 28.8 Å². The van der Waals surface area contributed by atoms with Gasteiger partial charge in [-0.25, -0.2) is 0 Å². The fraction of sp³-hybridized carbons (Fsp3) is 0.318. The summed E-state index contributed by atoms with van der Waals surface area (Å²) in [6.07, 6.45) is 2.16. The minimum absolute atomic E-state index is 0.209. The summed E-state index contributed by atoms with van der Waals surface area (Å²) < 4.78 is 2.72. The van der Waals surface area contributed by atoms with Gasteiger partial charge in [-0.1, -0.05) is 17.7 Å². The van der Waals surface area contributed by atoms with Crippen LogP contribution in [-0.4, -0.2) is 28.1 Å². The van der Waals surface area contributed by atoms with Gasteiger partial charge in [-0.05, 0) is 44.0 Å². The largest absolute Gasteiger partial charge is 0.370 e. The molecule has 0 spiro atoms. The fourth-order valence-corrected chi connectivity index (χ4v) is 3.83. The molecular weight excluding hydrogens is 368 g/mol. The lowest BCUT2D eigenvalue weighted by molar-refractivity contribution is 0.102. The van der Waals surface area contributed by atoms with Crippen molar-refractivity contribution in [3.63, 3.8) is 0 Å². The first-order chi connectivity index (χ1) is 13.9. The maximum atomic E-state index is 12.8. The maximum absolute atomic E-state index is 12.8. The number of nitrogens with zero attached hydrogens (tertiary/aromatic N) is 3. The lowest BCUT2D eigenvalue weighted by Crippen LogP contribution is -2.39. The van der Waals surface area contributed by atoms with Crippen molar-refractivity contribution in [2.75, 3.05) is 23.3 Å². The van der Waals surface area contributed by atoms with Crippen LogP contribution in [0, 0.1) is 6.92 Å². The van der Waals surface area contributed by atoms with Crippen molar-refractivity contribution in [2.45, 2.75) is 19.8 Å². The average Bonchev–Trinajstić information content (AvgIpc) is 3.25. The summed E-state index contributed by atoms with van der Waals surface area (Å²) in [4.78, 5) is 39.6. The quantitative estimate of drug-likeness (QED) is 0.695. The van der Waals surface area contributed by atoms with Gasteiger partial charge in [0.15, 0.2) is 0 Å². The normalized spacial score (nSPS) is 13.8. The summed E-state index contributed by atoms with van der Waals surface area (Å²) in [5, 5.41) is 3.01. The van der Waals surface area contributed by atoms with Crippen LogP contribution in [0.3, 0.4) is 0 Å². The first kappa shape index (κ1) is 19.0. The molecule has 3 aromatic rings. The van der Waals surface area contributed by atoms with Crippen LogP contribution >= 0.6 is 0 Å². The Balaban J connectivity index is 1.87. The molecule has 29 heavy (non-hydrogen) atoms. The van der Waals surface area contributed by atoms with Gasteiger partial charge in [0, 0.05) is 32.7 Å². The molecular formula is C22H24N4O3. The van der Waals surface area contributed by atoms with E-state index in [4.69, 9.17) is 0 Å². The first-order valence-electron chi connectivity index (χ1n) is 9.73. The zero-order valence-electron chi connectivity index (χ0n) is 16.9. The number of rotatable bonds is 3. The van der Waals surface area contributed by atoms with E-state index in [0.717, 1.165) is 37.2 Å². The number of benzene rings is 2. The Morgan fingerprint density at radius 3 is 2.03 bits per heavy atom. The Hall–Kier alpha value is -3.35. The third-order valence-electron chi connectivity index (χ3n) is 5.62. The Labute approximate surface area is 168 Å². The monoisotopic (exact) mass is 392 g/mol. The van der Waals surface area contributed by atoms with E-state index in [2.05, 4.69) is 10.2 Å². The molecule has 7 heteroatoms. The summed E-state index contributed by atoms with van der Waals surface area (Å²) in [6, 6.07) is 11.1. The van der Waals surface area contributed by atoms with Gasteiger partial charge in [0.1, 0.15) is 0 Å². The van der Waals surface area contributed by atoms with Crippen LogP contribution < -0.4 is 21.3 Å². The van der Waals surface area contributed by atoms with Gasteiger partial charge in [-0.3, -0.25) is 14.4 Å². The minimum Gasteiger partial charge on any atom is -0.370 e. The molecule has 0 radical (unpaired) electrons. The van der Waals surface area contributed by atoms with Crippen molar-refractivity contribution in [1.29, 1.82) is 0 Å². The van der Waals surface area contributed by atoms with E-state index in [-0.39, 0.29) is 5.91 Å². The number of carbonyl (C=O) groups is 1. The Morgan fingerprint density at radius 1 is 0.897 bits per heavy atom. The van der Waals surface area contributed by atoms with Gasteiger partial charge in [-0.2, -0.15) is 0 Å². The number of amides is 1. The molecule has 1 aliphatic rings. The molecule has 0 atom stereocenters. The molecule has 1 N–H and O–H groups in total. The van der Waals surface area contributed by atoms with Gasteiger partial charge < -0.3 is 19.4 Å². The second-order valence-corrected chi connectivity index (χ2v) is 7.60. The van der Waals surface area contributed by atoms with Crippen LogP contribution in [0.25, 0.3) is 11.0 Å². The lowest BCUT2D eigenvalue weighted by Gasteiger charge is -2.23. The van der Waals surface area contributed by atoms with Crippen LogP contribution in [0.2, 0.25) is 0 Å². The van der Waals surface area contributed by atoms with Crippen molar-refractivity contribution in [3.8, 4) is 0 Å². The molecule has 0 saturated carbocycles. The van der Waals surface area contributed by atoms with E-state index in [1.165, 1.54) is 9.13 Å². The summed E-state index contributed by atoms with van der Waals surface area (Å²) in [5.74, 6) is -0.209. The Bertz CT molecular complexity index is 1220. The molecule has 0 aliphatic carbocycles. The summed E-state index contributed by atoms with van der Waals surface area (Å²) >= 11 is 0. The number of aryl methyl sites for hydroxylation is 3. The molecule has 0 unspecified atom stereocenters. The predicted octanol–water partition coefficient (Wildman–Crippen LogP) is 2.40. The highest BCUT2D eigenvalue weighted by Crippen LogP contribution is 2.33. The van der Waals surface area contributed by atoms with Gasteiger partial charge >= 0.3 is 11.1 Å². The van der Waals surface area contributed by atoms with Crippen molar-refractivity contribution in [3.05, 3.63) is 68.2 Å². The summed E-state index contributed by atoms with van der Waals surface area (Å²) in [5.41, 5.74) is 3.25. The number of hydrogen-bond donors (Lipinski definition) is 1. The summed E-state index contributed by atoms with van der Waals surface area (Å²) in [7, 11) is 3.18. The van der Waals surface area contributed by atoms with Crippen molar-refractivity contribution >= 4 is 28.3 Å². The number of carbonyl (C=O) groups excluding carboxylic acids is 1. The van der Waals surface area contributed by atoms with Gasteiger partial charge in [0.25, 0.3) is 5.91 Å². The molecule has 150 valence electrons. The van der Waals surface area contributed by atoms with Crippen molar-refractivity contribution < 1.29 is 4.79 Å².